The molecule has 0 radical (unpaired) electrons. The SMILES string of the molecule is O=C1Cc2cc(N3CCN(S(=O)(=O)CCCc4ccccc4)CC3)ccc2N1. The van der Waals surface area contributed by atoms with Gasteiger partial charge in [0.25, 0.3) is 0 Å². The molecule has 2 aromatic rings. The smallest absolute Gasteiger partial charge is 0.228 e. The van der Waals surface area contributed by atoms with E-state index in [4.69, 9.17) is 0 Å². The highest BCUT2D eigenvalue weighted by molar-refractivity contribution is 7.89. The molecule has 0 spiro atoms. The van der Waals surface area contributed by atoms with Crippen LogP contribution in [0.2, 0.25) is 0 Å². The van der Waals surface area contributed by atoms with Crippen LogP contribution >= 0.6 is 0 Å². The van der Waals surface area contributed by atoms with Crippen molar-refractivity contribution in [2.24, 2.45) is 0 Å². The van der Waals surface area contributed by atoms with Crippen LogP contribution < -0.4 is 10.2 Å². The van der Waals surface area contributed by atoms with Gasteiger partial charge in [-0.05, 0) is 42.2 Å². The normalized spacial score (nSPS) is 17.4. The van der Waals surface area contributed by atoms with Gasteiger partial charge in [0.1, 0.15) is 0 Å². The standard InChI is InChI=1S/C21H25N3O3S/c25-21-16-18-15-19(8-9-20(18)22-21)23-10-12-24(13-11-23)28(26,27)14-4-7-17-5-2-1-3-6-17/h1-3,5-6,8-9,15H,4,7,10-14,16H2,(H,22,25). The zero-order valence-electron chi connectivity index (χ0n) is 15.8. The van der Waals surface area contributed by atoms with Gasteiger partial charge in [0.05, 0.1) is 12.2 Å². The number of hydrogen-bond donors (Lipinski definition) is 1. The monoisotopic (exact) mass is 399 g/mol. The van der Waals surface area contributed by atoms with Crippen molar-refractivity contribution in [1.29, 1.82) is 0 Å². The van der Waals surface area contributed by atoms with Gasteiger partial charge < -0.3 is 10.2 Å². The van der Waals surface area contributed by atoms with E-state index in [2.05, 4.69) is 10.2 Å². The molecule has 1 saturated heterocycles. The number of nitrogens with zero attached hydrogens (tertiary/aromatic N) is 2. The quantitative estimate of drug-likeness (QED) is 0.809. The molecule has 1 N–H and O–H groups in total. The van der Waals surface area contributed by atoms with Crippen LogP contribution in [-0.4, -0.2) is 50.6 Å². The molecular weight excluding hydrogens is 374 g/mol. The maximum Gasteiger partial charge on any atom is 0.228 e. The second-order valence-electron chi connectivity index (χ2n) is 7.36. The molecule has 148 valence electrons. The van der Waals surface area contributed by atoms with Crippen LogP contribution in [0.3, 0.4) is 0 Å². The lowest BCUT2D eigenvalue weighted by molar-refractivity contribution is -0.115. The minimum atomic E-state index is -3.22. The van der Waals surface area contributed by atoms with E-state index in [1.807, 2.05) is 48.5 Å². The Morgan fingerprint density at radius 2 is 1.71 bits per heavy atom. The molecule has 0 atom stereocenters. The van der Waals surface area contributed by atoms with E-state index in [0.717, 1.165) is 23.4 Å². The first-order valence-electron chi connectivity index (χ1n) is 9.71. The number of fused-ring (bicyclic) bond motifs is 1. The van der Waals surface area contributed by atoms with Gasteiger partial charge in [-0.2, -0.15) is 4.31 Å². The van der Waals surface area contributed by atoms with Crippen molar-refractivity contribution in [2.75, 3.05) is 42.1 Å². The highest BCUT2D eigenvalue weighted by Crippen LogP contribution is 2.28. The van der Waals surface area contributed by atoms with Gasteiger partial charge >= 0.3 is 0 Å². The van der Waals surface area contributed by atoms with E-state index in [9.17, 15) is 13.2 Å². The first kappa shape index (κ1) is 19.0. The van der Waals surface area contributed by atoms with Gasteiger partial charge in [-0.15, -0.1) is 0 Å². The van der Waals surface area contributed by atoms with Crippen molar-refractivity contribution >= 4 is 27.3 Å². The maximum absolute atomic E-state index is 12.7. The van der Waals surface area contributed by atoms with Gasteiger partial charge in [-0.1, -0.05) is 30.3 Å². The third-order valence-corrected chi connectivity index (χ3v) is 7.38. The van der Waals surface area contributed by atoms with Gasteiger partial charge in [-0.25, -0.2) is 8.42 Å². The second-order valence-corrected chi connectivity index (χ2v) is 9.45. The van der Waals surface area contributed by atoms with Gasteiger partial charge in [0.2, 0.25) is 15.9 Å². The van der Waals surface area contributed by atoms with Gasteiger partial charge in [0.15, 0.2) is 0 Å². The molecule has 7 heteroatoms. The third-order valence-electron chi connectivity index (χ3n) is 5.42. The summed E-state index contributed by atoms with van der Waals surface area (Å²) in [5.74, 6) is 0.215. The molecule has 2 heterocycles. The van der Waals surface area contributed by atoms with Crippen molar-refractivity contribution in [2.45, 2.75) is 19.3 Å². The Balaban J connectivity index is 1.31. The molecule has 0 bridgehead atoms. The lowest BCUT2D eigenvalue weighted by Gasteiger charge is -2.35. The number of carbonyl (C=O) groups excluding carboxylic acids is 1. The Labute approximate surface area is 166 Å². The second kappa shape index (κ2) is 7.93. The number of rotatable bonds is 6. The predicted molar refractivity (Wildman–Crippen MR) is 111 cm³/mol. The highest BCUT2D eigenvalue weighted by Gasteiger charge is 2.27. The number of carbonyl (C=O) groups is 1. The molecule has 2 aromatic carbocycles. The van der Waals surface area contributed by atoms with E-state index >= 15 is 0 Å². The number of aryl methyl sites for hydroxylation is 1. The van der Waals surface area contributed by atoms with Crippen molar-refractivity contribution in [3.05, 3.63) is 59.7 Å². The molecule has 6 nitrogen and oxygen atoms in total. The fourth-order valence-corrected chi connectivity index (χ4v) is 5.36. The van der Waals surface area contributed by atoms with Crippen LogP contribution in [0.1, 0.15) is 17.5 Å². The summed E-state index contributed by atoms with van der Waals surface area (Å²) in [5, 5.41) is 2.84. The molecule has 1 fully saturated rings. The van der Waals surface area contributed by atoms with Gasteiger partial charge in [0, 0.05) is 37.6 Å². The Morgan fingerprint density at radius 1 is 0.964 bits per heavy atom. The molecule has 0 saturated carbocycles. The number of nitrogens with one attached hydrogen (secondary N) is 1. The van der Waals surface area contributed by atoms with Crippen LogP contribution in [0.5, 0.6) is 0 Å². The van der Waals surface area contributed by atoms with Crippen molar-refractivity contribution in [1.82, 2.24) is 4.31 Å². The van der Waals surface area contributed by atoms with Crippen molar-refractivity contribution in [3.8, 4) is 0 Å². The molecule has 0 aliphatic carbocycles. The molecule has 2 aliphatic heterocycles. The maximum atomic E-state index is 12.7. The summed E-state index contributed by atoms with van der Waals surface area (Å²) in [6, 6.07) is 16.0. The fourth-order valence-electron chi connectivity index (χ4n) is 3.87. The summed E-state index contributed by atoms with van der Waals surface area (Å²) in [5.41, 5.74) is 4.12. The van der Waals surface area contributed by atoms with E-state index in [1.54, 1.807) is 4.31 Å². The number of amides is 1. The van der Waals surface area contributed by atoms with Crippen molar-refractivity contribution in [3.63, 3.8) is 0 Å². The molecular formula is C21H25N3O3S. The minimum absolute atomic E-state index is 0.0264. The van der Waals surface area contributed by atoms with Crippen LogP contribution in [0.25, 0.3) is 0 Å². The number of sulfonamides is 1. The van der Waals surface area contributed by atoms with Crippen LogP contribution in [0, 0.1) is 0 Å². The zero-order valence-corrected chi connectivity index (χ0v) is 16.6. The van der Waals surface area contributed by atoms with Crippen molar-refractivity contribution < 1.29 is 13.2 Å². The lowest BCUT2D eigenvalue weighted by atomic mass is 10.1. The van der Waals surface area contributed by atoms with Crippen LogP contribution in [0.4, 0.5) is 11.4 Å². The molecule has 4 rings (SSSR count). The predicted octanol–water partition coefficient (Wildman–Crippen LogP) is 2.27. The minimum Gasteiger partial charge on any atom is -0.369 e. The summed E-state index contributed by atoms with van der Waals surface area (Å²) in [7, 11) is -3.22. The van der Waals surface area contributed by atoms with Crippen LogP contribution in [-0.2, 0) is 27.7 Å². The largest absolute Gasteiger partial charge is 0.369 e. The molecule has 28 heavy (non-hydrogen) atoms. The average molecular weight is 400 g/mol. The van der Waals surface area contributed by atoms with E-state index < -0.39 is 10.0 Å². The molecule has 2 aliphatic rings. The number of anilines is 2. The molecule has 0 aromatic heterocycles. The third kappa shape index (κ3) is 4.20. The van der Waals surface area contributed by atoms with E-state index in [-0.39, 0.29) is 11.7 Å². The van der Waals surface area contributed by atoms with E-state index in [0.29, 0.717) is 39.0 Å². The Kier molecular flexibility index (Phi) is 5.37. The number of hydrogen-bond acceptors (Lipinski definition) is 4. The molecule has 0 unspecified atom stereocenters. The van der Waals surface area contributed by atoms with Gasteiger partial charge in [-0.3, -0.25) is 4.79 Å². The Hall–Kier alpha value is -2.38. The topological polar surface area (TPSA) is 69.7 Å². The molecule has 1 amide bonds. The van der Waals surface area contributed by atoms with E-state index in [1.165, 1.54) is 5.56 Å². The first-order valence-corrected chi connectivity index (χ1v) is 11.3. The summed E-state index contributed by atoms with van der Waals surface area (Å²) in [6.45, 7) is 2.33. The highest BCUT2D eigenvalue weighted by atomic mass is 32.2. The lowest BCUT2D eigenvalue weighted by Crippen LogP contribution is -2.49. The number of piperazine rings is 1. The first-order chi connectivity index (χ1) is 13.5. The Morgan fingerprint density at radius 3 is 2.46 bits per heavy atom. The fraction of sp³-hybridized carbons (Fsp3) is 0.381. The summed E-state index contributed by atoms with van der Waals surface area (Å²) in [6.07, 6.45) is 1.83. The zero-order chi connectivity index (χ0) is 19.6. The van der Waals surface area contributed by atoms with Crippen LogP contribution in [0.15, 0.2) is 48.5 Å². The summed E-state index contributed by atoms with van der Waals surface area (Å²) in [4.78, 5) is 13.7. The Bertz CT molecular complexity index is 952. The summed E-state index contributed by atoms with van der Waals surface area (Å²) < 4.78 is 27.0. The number of benzene rings is 2. The summed E-state index contributed by atoms with van der Waals surface area (Å²) >= 11 is 0. The average Bonchev–Trinajstić information content (AvgIpc) is 3.08.